The van der Waals surface area contributed by atoms with E-state index in [1.165, 1.54) is 32.1 Å². The molecule has 1 aliphatic heterocycles. The third kappa shape index (κ3) is 4.46. The minimum Gasteiger partial charge on any atom is -0.481 e. The van der Waals surface area contributed by atoms with Crippen molar-refractivity contribution in [2.24, 2.45) is 11.3 Å². The lowest BCUT2D eigenvalue weighted by molar-refractivity contribution is -0.165. The lowest BCUT2D eigenvalue weighted by atomic mass is 9.63. The molecule has 0 bridgehead atoms. The molecule has 1 saturated carbocycles. The second-order valence-corrected chi connectivity index (χ2v) is 7.23. The van der Waals surface area contributed by atoms with Crippen LogP contribution in [0.4, 0.5) is 0 Å². The second kappa shape index (κ2) is 8.13. The maximum absolute atomic E-state index is 11.9. The van der Waals surface area contributed by atoms with E-state index in [-0.39, 0.29) is 12.2 Å². The van der Waals surface area contributed by atoms with Crippen LogP contribution in [0.5, 0.6) is 0 Å². The molecule has 1 aliphatic carbocycles. The molecule has 0 aromatic rings. The topological polar surface area (TPSA) is 87.1 Å². The molecule has 1 heterocycles. The van der Waals surface area contributed by atoms with Gasteiger partial charge < -0.3 is 14.9 Å². The fourth-order valence-corrected chi connectivity index (χ4v) is 4.06. The smallest absolute Gasteiger partial charge is 0.310 e. The van der Waals surface area contributed by atoms with Gasteiger partial charge in [-0.1, -0.05) is 58.3 Å². The monoisotopic (exact) mass is 326 g/mol. The lowest BCUT2D eigenvalue weighted by Gasteiger charge is -2.36. The van der Waals surface area contributed by atoms with Gasteiger partial charge in [0, 0.05) is 0 Å². The molecule has 2 N–H and O–H groups in total. The van der Waals surface area contributed by atoms with Crippen LogP contribution < -0.4 is 0 Å². The van der Waals surface area contributed by atoms with Crippen LogP contribution in [0, 0.1) is 11.3 Å². The Kier molecular flexibility index (Phi) is 6.45. The quantitative estimate of drug-likeness (QED) is 0.445. The van der Waals surface area contributed by atoms with Crippen LogP contribution in [0.2, 0.25) is 0 Å². The fourth-order valence-electron chi connectivity index (χ4n) is 4.06. The highest BCUT2D eigenvalue weighted by molar-refractivity contribution is 5.84. The van der Waals surface area contributed by atoms with Crippen molar-refractivity contribution in [2.75, 3.05) is 0 Å². The number of epoxide rings is 1. The van der Waals surface area contributed by atoms with Gasteiger partial charge in [-0.2, -0.15) is 0 Å². The van der Waals surface area contributed by atoms with Crippen LogP contribution in [-0.2, 0) is 14.3 Å². The maximum atomic E-state index is 11.9. The number of carbonyl (C=O) groups is 2. The van der Waals surface area contributed by atoms with Crippen molar-refractivity contribution in [3.8, 4) is 0 Å². The number of fused-ring (bicyclic) bond motifs is 1. The summed E-state index contributed by atoms with van der Waals surface area (Å²) < 4.78 is 5.42. The summed E-state index contributed by atoms with van der Waals surface area (Å²) in [5.41, 5.74) is -1.13. The van der Waals surface area contributed by atoms with Gasteiger partial charge in [-0.15, -0.1) is 0 Å². The summed E-state index contributed by atoms with van der Waals surface area (Å²) in [6.45, 7) is 2.20. The van der Waals surface area contributed by atoms with Crippen molar-refractivity contribution in [1.82, 2.24) is 0 Å². The molecule has 2 aliphatic rings. The van der Waals surface area contributed by atoms with Gasteiger partial charge >= 0.3 is 11.9 Å². The molecule has 4 unspecified atom stereocenters. The van der Waals surface area contributed by atoms with E-state index in [0.29, 0.717) is 19.3 Å². The predicted molar refractivity (Wildman–Crippen MR) is 86.3 cm³/mol. The Hall–Kier alpha value is -1.10. The van der Waals surface area contributed by atoms with Crippen LogP contribution in [0.1, 0.15) is 77.6 Å². The SMILES string of the molecule is CCCCCCCCCCC1(C(=O)O)CC2OC2CC1C(=O)O. The number of ether oxygens (including phenoxy) is 1. The fraction of sp³-hybridized carbons (Fsp3) is 0.889. The number of unbranched alkanes of at least 4 members (excludes halogenated alkanes) is 7. The zero-order valence-electron chi connectivity index (χ0n) is 14.1. The molecule has 2 fully saturated rings. The van der Waals surface area contributed by atoms with E-state index in [1.807, 2.05) is 0 Å². The minimum atomic E-state index is -1.13. The average molecular weight is 326 g/mol. The number of hydrogen-bond donors (Lipinski definition) is 2. The Balaban J connectivity index is 1.80. The van der Waals surface area contributed by atoms with E-state index >= 15 is 0 Å². The third-order valence-electron chi connectivity index (χ3n) is 5.59. The third-order valence-corrected chi connectivity index (χ3v) is 5.59. The number of carboxylic acid groups (broad SMARTS) is 2. The van der Waals surface area contributed by atoms with E-state index < -0.39 is 23.3 Å². The zero-order valence-corrected chi connectivity index (χ0v) is 14.1. The van der Waals surface area contributed by atoms with Crippen molar-refractivity contribution in [3.63, 3.8) is 0 Å². The normalized spacial score (nSPS) is 32.3. The molecule has 0 amide bonds. The van der Waals surface area contributed by atoms with Gasteiger partial charge in [-0.25, -0.2) is 0 Å². The lowest BCUT2D eigenvalue weighted by Crippen LogP contribution is -2.47. The van der Waals surface area contributed by atoms with E-state index in [1.54, 1.807) is 0 Å². The van der Waals surface area contributed by atoms with Crippen LogP contribution >= 0.6 is 0 Å². The van der Waals surface area contributed by atoms with E-state index in [2.05, 4.69) is 6.92 Å². The Bertz CT molecular complexity index is 422. The minimum absolute atomic E-state index is 0.0258. The van der Waals surface area contributed by atoms with Gasteiger partial charge in [-0.05, 0) is 19.3 Å². The molecule has 4 atom stereocenters. The van der Waals surface area contributed by atoms with Gasteiger partial charge in [0.15, 0.2) is 0 Å². The van der Waals surface area contributed by atoms with Crippen LogP contribution in [0.25, 0.3) is 0 Å². The molecule has 23 heavy (non-hydrogen) atoms. The van der Waals surface area contributed by atoms with Crippen LogP contribution in [-0.4, -0.2) is 34.4 Å². The Morgan fingerprint density at radius 3 is 2.17 bits per heavy atom. The highest BCUT2D eigenvalue weighted by atomic mass is 16.6. The van der Waals surface area contributed by atoms with Gasteiger partial charge in [0.25, 0.3) is 0 Å². The van der Waals surface area contributed by atoms with E-state index in [0.717, 1.165) is 19.3 Å². The number of carboxylic acids is 2. The van der Waals surface area contributed by atoms with E-state index in [4.69, 9.17) is 4.74 Å². The van der Waals surface area contributed by atoms with Gasteiger partial charge in [-0.3, -0.25) is 9.59 Å². The number of hydrogen-bond acceptors (Lipinski definition) is 3. The average Bonchev–Trinajstić information content (AvgIpc) is 3.26. The first-order chi connectivity index (χ1) is 11.0. The van der Waals surface area contributed by atoms with Crippen molar-refractivity contribution in [2.45, 2.75) is 89.8 Å². The Labute approximate surface area is 138 Å². The molecule has 5 heteroatoms. The van der Waals surface area contributed by atoms with Crippen molar-refractivity contribution in [1.29, 1.82) is 0 Å². The van der Waals surface area contributed by atoms with Gasteiger partial charge in [0.1, 0.15) is 0 Å². The Morgan fingerprint density at radius 2 is 1.61 bits per heavy atom. The Morgan fingerprint density at radius 1 is 1.00 bits per heavy atom. The van der Waals surface area contributed by atoms with Crippen LogP contribution in [0.3, 0.4) is 0 Å². The molecule has 0 radical (unpaired) electrons. The molecular weight excluding hydrogens is 296 g/mol. The first kappa shape index (κ1) is 18.2. The highest BCUT2D eigenvalue weighted by Crippen LogP contribution is 2.52. The summed E-state index contributed by atoms with van der Waals surface area (Å²) in [6, 6.07) is 0. The van der Waals surface area contributed by atoms with Crippen LogP contribution in [0.15, 0.2) is 0 Å². The second-order valence-electron chi connectivity index (χ2n) is 7.23. The first-order valence-electron chi connectivity index (χ1n) is 9.13. The highest BCUT2D eigenvalue weighted by Gasteiger charge is 2.61. The molecule has 0 aromatic heterocycles. The number of rotatable bonds is 11. The number of aliphatic carboxylic acids is 2. The molecular formula is C18H30O5. The standard InChI is InChI=1S/C18H30O5/c1-2-3-4-5-6-7-8-9-10-18(17(21)22)12-15-14(23-15)11-13(18)16(19)20/h13-15H,2-12H2,1H3,(H,19,20)(H,21,22). The molecule has 1 saturated heterocycles. The summed E-state index contributed by atoms with van der Waals surface area (Å²) in [6.07, 6.45) is 10.2. The van der Waals surface area contributed by atoms with Crippen molar-refractivity contribution < 1.29 is 24.5 Å². The molecule has 5 nitrogen and oxygen atoms in total. The molecule has 132 valence electrons. The van der Waals surface area contributed by atoms with Crippen molar-refractivity contribution in [3.05, 3.63) is 0 Å². The van der Waals surface area contributed by atoms with Gasteiger partial charge in [0.2, 0.25) is 0 Å². The molecule has 2 rings (SSSR count). The summed E-state index contributed by atoms with van der Waals surface area (Å²) >= 11 is 0. The summed E-state index contributed by atoms with van der Waals surface area (Å²) in [4.78, 5) is 23.4. The van der Waals surface area contributed by atoms with E-state index in [9.17, 15) is 19.8 Å². The molecule has 0 aromatic carbocycles. The first-order valence-corrected chi connectivity index (χ1v) is 9.13. The van der Waals surface area contributed by atoms with Gasteiger partial charge in [0.05, 0.1) is 23.5 Å². The summed E-state index contributed by atoms with van der Waals surface area (Å²) in [5, 5.41) is 19.2. The van der Waals surface area contributed by atoms with Crippen molar-refractivity contribution >= 4 is 11.9 Å². The summed E-state index contributed by atoms with van der Waals surface area (Å²) in [5.74, 6) is -2.75. The maximum Gasteiger partial charge on any atom is 0.310 e. The largest absolute Gasteiger partial charge is 0.481 e. The predicted octanol–water partition coefficient (Wildman–Crippen LogP) is 3.85. The summed E-state index contributed by atoms with van der Waals surface area (Å²) in [7, 11) is 0. The zero-order chi connectivity index (χ0) is 16.9. The molecule has 0 spiro atoms.